The zero-order valence-corrected chi connectivity index (χ0v) is 15.9. The van der Waals surface area contributed by atoms with Crippen LogP contribution in [0.2, 0.25) is 10.0 Å². The summed E-state index contributed by atoms with van der Waals surface area (Å²) in [6.45, 7) is 0.127. The van der Waals surface area contributed by atoms with Gasteiger partial charge >= 0.3 is 0 Å². The van der Waals surface area contributed by atoms with Crippen molar-refractivity contribution in [1.82, 2.24) is 4.90 Å². The first-order valence-corrected chi connectivity index (χ1v) is 9.31. The lowest BCUT2D eigenvalue weighted by atomic mass is 10.1. The lowest BCUT2D eigenvalue weighted by molar-refractivity contribution is -0.123. The molecule has 6 nitrogen and oxygen atoms in total. The number of carbonyl (C=O) groups is 2. The molecule has 0 aromatic heterocycles. The number of hydrogen-bond acceptors (Lipinski definition) is 6. The van der Waals surface area contributed by atoms with Crippen LogP contribution in [0.25, 0.3) is 6.08 Å². The first-order valence-electron chi connectivity index (χ1n) is 7.74. The molecule has 2 aromatic rings. The summed E-state index contributed by atoms with van der Waals surface area (Å²) in [4.78, 5) is 26.3. The molecule has 9 heteroatoms. The van der Waals surface area contributed by atoms with Crippen molar-refractivity contribution in [3.8, 4) is 17.2 Å². The van der Waals surface area contributed by atoms with Crippen molar-refractivity contribution in [2.75, 3.05) is 6.79 Å². The van der Waals surface area contributed by atoms with Crippen molar-refractivity contribution in [3.05, 3.63) is 56.4 Å². The molecule has 2 heterocycles. The van der Waals surface area contributed by atoms with Crippen molar-refractivity contribution in [1.29, 1.82) is 0 Å². The van der Waals surface area contributed by atoms with Gasteiger partial charge in [-0.15, -0.1) is 0 Å². The molecule has 4 rings (SSSR count). The van der Waals surface area contributed by atoms with Crippen LogP contribution < -0.4 is 9.47 Å². The zero-order chi connectivity index (χ0) is 19.1. The highest BCUT2D eigenvalue weighted by Crippen LogP contribution is 2.39. The lowest BCUT2D eigenvalue weighted by Crippen LogP contribution is -2.27. The van der Waals surface area contributed by atoms with Crippen LogP contribution >= 0.6 is 35.0 Å². The van der Waals surface area contributed by atoms with Crippen LogP contribution in [-0.4, -0.2) is 27.9 Å². The van der Waals surface area contributed by atoms with Crippen molar-refractivity contribution in [3.63, 3.8) is 0 Å². The van der Waals surface area contributed by atoms with Crippen molar-refractivity contribution >= 4 is 52.2 Å². The van der Waals surface area contributed by atoms with E-state index in [4.69, 9.17) is 32.7 Å². The van der Waals surface area contributed by atoms with Crippen LogP contribution in [0.3, 0.4) is 0 Å². The van der Waals surface area contributed by atoms with Gasteiger partial charge in [0.1, 0.15) is 5.75 Å². The summed E-state index contributed by atoms with van der Waals surface area (Å²) in [7, 11) is 0. The number of carbonyl (C=O) groups excluding carboxylic acids is 2. The van der Waals surface area contributed by atoms with Crippen LogP contribution in [0.1, 0.15) is 11.1 Å². The third-order valence-electron chi connectivity index (χ3n) is 4.01. The number of fused-ring (bicyclic) bond motifs is 1. The largest absolute Gasteiger partial charge is 0.506 e. The maximum absolute atomic E-state index is 12.7. The Morgan fingerprint density at radius 1 is 1.11 bits per heavy atom. The number of benzene rings is 2. The fraction of sp³-hybridized carbons (Fsp3) is 0.111. The fourth-order valence-electron chi connectivity index (χ4n) is 2.65. The van der Waals surface area contributed by atoms with Crippen molar-refractivity contribution in [2.24, 2.45) is 0 Å². The minimum absolute atomic E-state index is 0.0216. The number of phenolic OH excluding ortho intramolecular Hbond substituents is 1. The second kappa shape index (κ2) is 6.99. The molecule has 2 aliphatic rings. The molecule has 138 valence electrons. The van der Waals surface area contributed by atoms with Crippen LogP contribution in [0.5, 0.6) is 17.2 Å². The number of hydrogen-bond donors (Lipinski definition) is 1. The van der Waals surface area contributed by atoms with Crippen LogP contribution in [-0.2, 0) is 11.3 Å². The van der Waals surface area contributed by atoms with Gasteiger partial charge in [-0.25, -0.2) is 0 Å². The average molecular weight is 424 g/mol. The maximum atomic E-state index is 12.7. The molecule has 1 N–H and O–H groups in total. The second-order valence-corrected chi connectivity index (χ2v) is 7.58. The number of aromatic hydroxyl groups is 1. The maximum Gasteiger partial charge on any atom is 0.293 e. The van der Waals surface area contributed by atoms with E-state index in [1.165, 1.54) is 12.1 Å². The Hall–Kier alpha value is -2.35. The lowest BCUT2D eigenvalue weighted by Gasteiger charge is -2.14. The molecule has 0 radical (unpaired) electrons. The van der Waals surface area contributed by atoms with Crippen LogP contribution in [0.15, 0.2) is 35.2 Å². The normalized spacial score (nSPS) is 17.3. The summed E-state index contributed by atoms with van der Waals surface area (Å²) >= 11 is 12.9. The van der Waals surface area contributed by atoms with E-state index in [1.807, 2.05) is 0 Å². The Morgan fingerprint density at radius 2 is 1.85 bits per heavy atom. The van der Waals surface area contributed by atoms with E-state index in [-0.39, 0.29) is 29.0 Å². The molecule has 1 saturated heterocycles. The number of thioether (sulfide) groups is 1. The number of nitrogens with zero attached hydrogens (tertiary/aromatic N) is 1. The average Bonchev–Trinajstić information content (AvgIpc) is 3.17. The highest BCUT2D eigenvalue weighted by molar-refractivity contribution is 8.18. The highest BCUT2D eigenvalue weighted by Gasteiger charge is 2.35. The molecule has 0 atom stereocenters. The van der Waals surface area contributed by atoms with E-state index in [0.29, 0.717) is 27.6 Å². The summed E-state index contributed by atoms with van der Waals surface area (Å²) in [5.74, 6) is 0.569. The molecule has 0 bridgehead atoms. The zero-order valence-electron chi connectivity index (χ0n) is 13.6. The third-order valence-corrected chi connectivity index (χ3v) is 5.58. The SMILES string of the molecule is O=C1S/C(=C/c2ccc(O)c(Cl)c2)C(=O)N1Cc1cc2c(cc1Cl)OCO2. The Kier molecular flexibility index (Phi) is 4.67. The molecule has 2 aromatic carbocycles. The molecule has 0 saturated carbocycles. The first-order chi connectivity index (χ1) is 12.9. The topological polar surface area (TPSA) is 76.1 Å². The standard InChI is InChI=1S/C18H11Cl2NO5S/c19-11-6-15-14(25-8-26-15)5-10(11)7-21-17(23)16(27-18(21)24)4-9-1-2-13(22)12(20)3-9/h1-6,22H,7-8H2/b16-4+. The van der Waals surface area contributed by atoms with Crippen molar-refractivity contribution in [2.45, 2.75) is 6.54 Å². The number of imide groups is 1. The van der Waals surface area contributed by atoms with Crippen molar-refractivity contribution < 1.29 is 24.2 Å². The van der Waals surface area contributed by atoms with Gasteiger partial charge in [-0.05, 0) is 47.2 Å². The second-order valence-electron chi connectivity index (χ2n) is 5.78. The van der Waals surface area contributed by atoms with E-state index >= 15 is 0 Å². The fourth-order valence-corrected chi connectivity index (χ4v) is 3.89. The summed E-state index contributed by atoms with van der Waals surface area (Å²) in [5, 5.41) is 9.62. The minimum Gasteiger partial charge on any atom is -0.506 e. The molecule has 27 heavy (non-hydrogen) atoms. The number of ether oxygens (including phenoxy) is 2. The van der Waals surface area contributed by atoms with Crippen LogP contribution in [0, 0.1) is 0 Å². The molecular formula is C18H11Cl2NO5S. The van der Waals surface area contributed by atoms with Gasteiger partial charge in [0.05, 0.1) is 16.5 Å². The highest BCUT2D eigenvalue weighted by atomic mass is 35.5. The molecule has 0 aliphatic carbocycles. The number of phenols is 1. The van der Waals surface area contributed by atoms with Gasteiger partial charge < -0.3 is 14.6 Å². The Morgan fingerprint density at radius 3 is 2.59 bits per heavy atom. The number of halogens is 2. The molecule has 0 unspecified atom stereocenters. The minimum atomic E-state index is -0.428. The van der Waals surface area contributed by atoms with Gasteiger partial charge in [0.15, 0.2) is 11.5 Å². The van der Waals surface area contributed by atoms with E-state index < -0.39 is 11.1 Å². The molecule has 2 aliphatic heterocycles. The summed E-state index contributed by atoms with van der Waals surface area (Å²) < 4.78 is 10.6. The predicted molar refractivity (Wildman–Crippen MR) is 102 cm³/mol. The quantitative estimate of drug-likeness (QED) is 0.723. The van der Waals surface area contributed by atoms with E-state index in [2.05, 4.69) is 0 Å². The van der Waals surface area contributed by atoms with E-state index in [9.17, 15) is 14.7 Å². The Balaban J connectivity index is 1.58. The summed E-state index contributed by atoms with van der Waals surface area (Å²) in [5.41, 5.74) is 1.18. The van der Waals surface area contributed by atoms with Gasteiger partial charge in [-0.2, -0.15) is 0 Å². The number of rotatable bonds is 3. The first kappa shape index (κ1) is 18.0. The number of amides is 2. The van der Waals surface area contributed by atoms with Gasteiger partial charge in [-0.1, -0.05) is 29.3 Å². The van der Waals surface area contributed by atoms with Gasteiger partial charge in [0.25, 0.3) is 11.1 Å². The summed E-state index contributed by atoms with van der Waals surface area (Å²) in [6.07, 6.45) is 1.55. The molecular weight excluding hydrogens is 413 g/mol. The van der Waals surface area contributed by atoms with Gasteiger partial charge in [0.2, 0.25) is 6.79 Å². The van der Waals surface area contributed by atoms with Gasteiger partial charge in [0, 0.05) is 11.1 Å². The predicted octanol–water partition coefficient (Wildman–Crippen LogP) is 4.66. The van der Waals surface area contributed by atoms with E-state index in [0.717, 1.165) is 16.7 Å². The molecule has 2 amide bonds. The molecule has 1 fully saturated rings. The third kappa shape index (κ3) is 3.45. The van der Waals surface area contributed by atoms with Gasteiger partial charge in [-0.3, -0.25) is 14.5 Å². The Bertz CT molecular complexity index is 1010. The van der Waals surface area contributed by atoms with Crippen LogP contribution in [0.4, 0.5) is 4.79 Å². The summed E-state index contributed by atoms with van der Waals surface area (Å²) in [6, 6.07) is 7.80. The monoisotopic (exact) mass is 423 g/mol. The molecule has 0 spiro atoms. The smallest absolute Gasteiger partial charge is 0.293 e. The Labute approximate surface area is 168 Å². The van der Waals surface area contributed by atoms with E-state index in [1.54, 1.807) is 24.3 Å².